The van der Waals surface area contributed by atoms with Gasteiger partial charge >= 0.3 is 0 Å². The summed E-state index contributed by atoms with van der Waals surface area (Å²) in [5.74, 6) is -0.372. The monoisotopic (exact) mass is 460 g/mol. The maximum atomic E-state index is 13.7. The molecule has 0 heterocycles. The van der Waals surface area contributed by atoms with E-state index < -0.39 is 6.04 Å². The second kappa shape index (κ2) is 12.1. The molecule has 3 rings (SSSR count). The lowest BCUT2D eigenvalue weighted by Crippen LogP contribution is -2.51. The molecular formula is C29H33FN2O2. The zero-order chi connectivity index (χ0) is 24.5. The molecule has 0 aliphatic rings. The Morgan fingerprint density at radius 1 is 0.882 bits per heavy atom. The molecule has 1 unspecified atom stereocenters. The minimum absolute atomic E-state index is 0.140. The van der Waals surface area contributed by atoms with E-state index in [2.05, 4.69) is 5.32 Å². The summed E-state index contributed by atoms with van der Waals surface area (Å²) >= 11 is 0. The summed E-state index contributed by atoms with van der Waals surface area (Å²) in [6, 6.07) is 22.9. The smallest absolute Gasteiger partial charge is 0.243 e. The van der Waals surface area contributed by atoms with Crippen LogP contribution in [0.5, 0.6) is 0 Å². The van der Waals surface area contributed by atoms with Crippen molar-refractivity contribution in [2.75, 3.05) is 6.54 Å². The highest BCUT2D eigenvalue weighted by Crippen LogP contribution is 2.18. The average molecular weight is 461 g/mol. The Kier molecular flexibility index (Phi) is 8.97. The van der Waals surface area contributed by atoms with Gasteiger partial charge in [0.25, 0.3) is 0 Å². The third-order valence-corrected chi connectivity index (χ3v) is 5.82. The first kappa shape index (κ1) is 25.2. The van der Waals surface area contributed by atoms with Crippen molar-refractivity contribution >= 4 is 11.8 Å². The van der Waals surface area contributed by atoms with Gasteiger partial charge in [-0.25, -0.2) is 4.39 Å². The van der Waals surface area contributed by atoms with Gasteiger partial charge in [-0.15, -0.1) is 0 Å². The standard InChI is InChI=1S/C29H33FN2O2/c1-21(2)19-31-29(34)27(17-23-10-5-4-6-11-23)32(20-24-13-15-26(30)16-14-24)28(33)18-25-12-8-7-9-22(25)3/h4-16,21,27H,17-20H2,1-3H3,(H,31,34). The van der Waals surface area contributed by atoms with E-state index >= 15 is 0 Å². The molecule has 0 aliphatic carbocycles. The van der Waals surface area contributed by atoms with Crippen molar-refractivity contribution in [3.05, 3.63) is 107 Å². The van der Waals surface area contributed by atoms with Gasteiger partial charge in [-0.2, -0.15) is 0 Å². The molecule has 178 valence electrons. The molecule has 0 bridgehead atoms. The first-order valence-corrected chi connectivity index (χ1v) is 11.7. The number of hydrogen-bond donors (Lipinski definition) is 1. The van der Waals surface area contributed by atoms with Crippen LogP contribution in [0.2, 0.25) is 0 Å². The van der Waals surface area contributed by atoms with E-state index in [1.54, 1.807) is 17.0 Å². The summed E-state index contributed by atoms with van der Waals surface area (Å²) in [6.07, 6.45) is 0.585. The molecule has 0 fully saturated rings. The minimum atomic E-state index is -0.692. The number of benzene rings is 3. The van der Waals surface area contributed by atoms with Gasteiger partial charge in [0.2, 0.25) is 11.8 Å². The topological polar surface area (TPSA) is 49.4 Å². The fourth-order valence-electron chi connectivity index (χ4n) is 3.84. The molecule has 0 aromatic heterocycles. The van der Waals surface area contributed by atoms with E-state index in [1.807, 2.05) is 75.4 Å². The molecule has 0 radical (unpaired) electrons. The van der Waals surface area contributed by atoms with Crippen LogP contribution in [0.25, 0.3) is 0 Å². The van der Waals surface area contributed by atoms with Crippen LogP contribution in [0, 0.1) is 18.7 Å². The Balaban J connectivity index is 1.96. The van der Waals surface area contributed by atoms with Gasteiger partial charge in [0.05, 0.1) is 6.42 Å². The zero-order valence-electron chi connectivity index (χ0n) is 20.1. The summed E-state index contributed by atoms with van der Waals surface area (Å²) < 4.78 is 13.5. The van der Waals surface area contributed by atoms with Crippen molar-refractivity contribution in [3.8, 4) is 0 Å². The van der Waals surface area contributed by atoms with Gasteiger partial charge in [-0.3, -0.25) is 9.59 Å². The third kappa shape index (κ3) is 7.27. The average Bonchev–Trinajstić information content (AvgIpc) is 2.83. The zero-order valence-corrected chi connectivity index (χ0v) is 20.1. The summed E-state index contributed by atoms with van der Waals surface area (Å²) in [5.41, 5.74) is 3.70. The van der Waals surface area contributed by atoms with Crippen LogP contribution in [0.1, 0.15) is 36.1 Å². The second-order valence-corrected chi connectivity index (χ2v) is 9.10. The molecule has 4 nitrogen and oxygen atoms in total. The predicted octanol–water partition coefficient (Wildman–Crippen LogP) is 5.09. The van der Waals surface area contributed by atoms with E-state index in [0.717, 1.165) is 22.3 Å². The van der Waals surface area contributed by atoms with Crippen molar-refractivity contribution < 1.29 is 14.0 Å². The fourth-order valence-corrected chi connectivity index (χ4v) is 3.84. The maximum Gasteiger partial charge on any atom is 0.243 e. The van der Waals surface area contributed by atoms with Gasteiger partial charge in [-0.1, -0.05) is 80.6 Å². The van der Waals surface area contributed by atoms with Crippen molar-refractivity contribution in [3.63, 3.8) is 0 Å². The first-order chi connectivity index (χ1) is 16.3. The Morgan fingerprint density at radius 2 is 1.53 bits per heavy atom. The number of hydrogen-bond acceptors (Lipinski definition) is 2. The Morgan fingerprint density at radius 3 is 2.18 bits per heavy atom. The summed E-state index contributed by atoms with van der Waals surface area (Å²) in [6.45, 7) is 6.79. The summed E-state index contributed by atoms with van der Waals surface area (Å²) in [4.78, 5) is 28.7. The number of rotatable bonds is 10. The molecular weight excluding hydrogens is 427 g/mol. The highest BCUT2D eigenvalue weighted by atomic mass is 19.1. The fraction of sp³-hybridized carbons (Fsp3) is 0.310. The number of carbonyl (C=O) groups excluding carboxylic acids is 2. The van der Waals surface area contributed by atoms with Crippen LogP contribution < -0.4 is 5.32 Å². The van der Waals surface area contributed by atoms with Gasteiger partial charge in [0.15, 0.2) is 0 Å². The molecule has 5 heteroatoms. The SMILES string of the molecule is Cc1ccccc1CC(=O)N(Cc1ccc(F)cc1)C(Cc1ccccc1)C(=O)NCC(C)C. The number of amides is 2. The van der Waals surface area contributed by atoms with Crippen LogP contribution in [0.3, 0.4) is 0 Å². The maximum absolute atomic E-state index is 13.7. The van der Waals surface area contributed by atoms with Crippen LogP contribution in [0.15, 0.2) is 78.9 Å². The number of carbonyl (C=O) groups is 2. The van der Waals surface area contributed by atoms with Crippen LogP contribution in [-0.2, 0) is 29.0 Å². The lowest BCUT2D eigenvalue weighted by atomic mass is 10.00. The van der Waals surface area contributed by atoms with Gasteiger partial charge in [0.1, 0.15) is 11.9 Å². The van der Waals surface area contributed by atoms with E-state index in [0.29, 0.717) is 13.0 Å². The molecule has 0 spiro atoms. The molecule has 1 N–H and O–H groups in total. The number of nitrogens with zero attached hydrogens (tertiary/aromatic N) is 1. The Hall–Kier alpha value is -3.47. The minimum Gasteiger partial charge on any atom is -0.354 e. The molecule has 2 amide bonds. The van der Waals surface area contributed by atoms with Crippen molar-refractivity contribution in [2.24, 2.45) is 5.92 Å². The Bertz CT molecular complexity index is 1080. The third-order valence-electron chi connectivity index (χ3n) is 5.82. The number of halogens is 1. The van der Waals surface area contributed by atoms with Crippen molar-refractivity contribution in [1.29, 1.82) is 0 Å². The van der Waals surface area contributed by atoms with Crippen LogP contribution in [-0.4, -0.2) is 29.3 Å². The molecule has 3 aromatic rings. The number of nitrogens with one attached hydrogen (secondary N) is 1. The summed E-state index contributed by atoms with van der Waals surface area (Å²) in [5, 5.41) is 3.02. The largest absolute Gasteiger partial charge is 0.354 e. The number of aryl methyl sites for hydroxylation is 1. The lowest BCUT2D eigenvalue weighted by molar-refractivity contribution is -0.140. The van der Waals surface area contributed by atoms with Crippen molar-refractivity contribution in [2.45, 2.75) is 46.2 Å². The second-order valence-electron chi connectivity index (χ2n) is 9.10. The quantitative estimate of drug-likeness (QED) is 0.458. The van der Waals surface area contributed by atoms with E-state index in [4.69, 9.17) is 0 Å². The predicted molar refractivity (Wildman–Crippen MR) is 134 cm³/mol. The molecule has 1 atom stereocenters. The first-order valence-electron chi connectivity index (χ1n) is 11.7. The van der Waals surface area contributed by atoms with Crippen molar-refractivity contribution in [1.82, 2.24) is 10.2 Å². The molecule has 34 heavy (non-hydrogen) atoms. The Labute approximate surface area is 201 Å². The highest BCUT2D eigenvalue weighted by Gasteiger charge is 2.30. The lowest BCUT2D eigenvalue weighted by Gasteiger charge is -2.32. The molecule has 3 aromatic carbocycles. The van der Waals surface area contributed by atoms with Gasteiger partial charge in [0, 0.05) is 19.5 Å². The van der Waals surface area contributed by atoms with Gasteiger partial charge < -0.3 is 10.2 Å². The van der Waals surface area contributed by atoms with E-state index in [-0.39, 0.29) is 36.5 Å². The molecule has 0 aliphatic heterocycles. The molecule has 0 saturated heterocycles. The highest BCUT2D eigenvalue weighted by molar-refractivity contribution is 5.89. The van der Waals surface area contributed by atoms with Crippen LogP contribution >= 0.6 is 0 Å². The van der Waals surface area contributed by atoms with E-state index in [1.165, 1.54) is 12.1 Å². The van der Waals surface area contributed by atoms with Crippen LogP contribution in [0.4, 0.5) is 4.39 Å². The summed E-state index contributed by atoms with van der Waals surface area (Å²) in [7, 11) is 0. The van der Waals surface area contributed by atoms with Gasteiger partial charge in [-0.05, 0) is 47.2 Å². The molecule has 0 saturated carbocycles. The normalized spacial score (nSPS) is 11.8. The van der Waals surface area contributed by atoms with E-state index in [9.17, 15) is 14.0 Å².